The Balaban J connectivity index is 1.64. The van der Waals surface area contributed by atoms with Crippen molar-refractivity contribution in [3.8, 4) is 5.88 Å². The average Bonchev–Trinajstić information content (AvgIpc) is 2.93. The van der Waals surface area contributed by atoms with Gasteiger partial charge >= 0.3 is 5.97 Å². The van der Waals surface area contributed by atoms with Crippen molar-refractivity contribution in [3.05, 3.63) is 29.6 Å². The third-order valence-corrected chi connectivity index (χ3v) is 5.83. The van der Waals surface area contributed by atoms with Crippen molar-refractivity contribution in [2.75, 3.05) is 39.5 Å². The van der Waals surface area contributed by atoms with E-state index in [4.69, 9.17) is 9.47 Å². The molecule has 1 saturated heterocycles. The predicted molar refractivity (Wildman–Crippen MR) is 107 cm³/mol. The molecule has 0 aliphatic carbocycles. The molecule has 3 rings (SSSR count). The molecule has 1 aliphatic rings. The minimum atomic E-state index is -3.19. The molecule has 160 valence electrons. The van der Waals surface area contributed by atoms with Crippen LogP contribution in [0, 0.1) is 5.82 Å². The van der Waals surface area contributed by atoms with Gasteiger partial charge in [0, 0.05) is 38.6 Å². The third kappa shape index (κ3) is 5.06. The normalized spacial score (nSPS) is 16.3. The van der Waals surface area contributed by atoms with Crippen LogP contribution in [0.1, 0.15) is 23.2 Å². The molecule has 0 amide bonds. The number of halogens is 1. The summed E-state index contributed by atoms with van der Waals surface area (Å²) in [5.74, 6) is -0.633. The number of rotatable bonds is 7. The van der Waals surface area contributed by atoms with Crippen LogP contribution in [0.3, 0.4) is 0 Å². The van der Waals surface area contributed by atoms with Gasteiger partial charge in [-0.3, -0.25) is 0 Å². The van der Waals surface area contributed by atoms with E-state index >= 15 is 0 Å². The van der Waals surface area contributed by atoms with Crippen molar-refractivity contribution in [1.29, 1.82) is 0 Å². The maximum Gasteiger partial charge on any atom is 0.344 e. The summed E-state index contributed by atoms with van der Waals surface area (Å²) >= 11 is 0. The summed E-state index contributed by atoms with van der Waals surface area (Å²) in [7, 11) is 0.0170. The van der Waals surface area contributed by atoms with E-state index in [0.717, 1.165) is 6.26 Å². The van der Waals surface area contributed by atoms with Crippen molar-refractivity contribution in [1.82, 2.24) is 14.2 Å². The van der Waals surface area contributed by atoms with Gasteiger partial charge in [-0.05, 0) is 31.0 Å². The quantitative estimate of drug-likeness (QED) is 0.674. The smallest absolute Gasteiger partial charge is 0.344 e. The minimum absolute atomic E-state index is 0.226. The fraction of sp³-hybridized carbons (Fsp3) is 0.526. The molecule has 0 saturated carbocycles. The number of sulfonamides is 1. The summed E-state index contributed by atoms with van der Waals surface area (Å²) in [6, 6.07) is 4.25. The van der Waals surface area contributed by atoms with Gasteiger partial charge in [0.1, 0.15) is 17.5 Å². The number of benzene rings is 1. The molecular weight excluding hydrogens is 401 g/mol. The molecule has 0 atom stereocenters. The molecule has 2 aromatic rings. The summed E-state index contributed by atoms with van der Waals surface area (Å²) in [5.41, 5.74) is 0.910. The molecule has 0 spiro atoms. The lowest BCUT2D eigenvalue weighted by Gasteiger charge is -2.31. The molecule has 1 fully saturated rings. The fourth-order valence-electron chi connectivity index (χ4n) is 3.68. The van der Waals surface area contributed by atoms with Gasteiger partial charge in [0.05, 0.1) is 18.9 Å². The van der Waals surface area contributed by atoms with Crippen LogP contribution < -0.4 is 9.46 Å². The first kappa shape index (κ1) is 21.5. The Hall–Kier alpha value is -2.17. The van der Waals surface area contributed by atoms with Gasteiger partial charge in [-0.2, -0.15) is 0 Å². The largest absolute Gasteiger partial charge is 0.482 e. The number of methoxy groups -OCH3 is 1. The van der Waals surface area contributed by atoms with Gasteiger partial charge in [-0.25, -0.2) is 22.3 Å². The second kappa shape index (κ2) is 8.68. The fourth-order valence-corrected chi connectivity index (χ4v) is 4.14. The van der Waals surface area contributed by atoms with E-state index < -0.39 is 21.8 Å². The maximum atomic E-state index is 13.8. The van der Waals surface area contributed by atoms with Gasteiger partial charge in [-0.1, -0.05) is 0 Å². The Kier molecular flexibility index (Phi) is 6.45. The summed E-state index contributed by atoms with van der Waals surface area (Å²) in [4.78, 5) is 15.0. The second-order valence-electron chi connectivity index (χ2n) is 7.22. The number of aryl methyl sites for hydroxylation is 1. The Labute approximate surface area is 169 Å². The summed E-state index contributed by atoms with van der Waals surface area (Å²) in [5, 5.41) is 0.457. The summed E-state index contributed by atoms with van der Waals surface area (Å²) < 4.78 is 51.2. The molecule has 29 heavy (non-hydrogen) atoms. The number of carbonyl (C=O) groups is 1. The lowest BCUT2D eigenvalue weighted by molar-refractivity contribution is 0.0115. The average molecular weight is 427 g/mol. The van der Waals surface area contributed by atoms with Crippen LogP contribution >= 0.6 is 0 Å². The molecule has 2 heterocycles. The first-order chi connectivity index (χ1) is 13.7. The number of nitrogens with zero attached hydrogens (tertiary/aromatic N) is 2. The highest BCUT2D eigenvalue weighted by molar-refractivity contribution is 7.88. The maximum absolute atomic E-state index is 13.8. The van der Waals surface area contributed by atoms with Gasteiger partial charge in [0.2, 0.25) is 15.9 Å². The van der Waals surface area contributed by atoms with E-state index in [2.05, 4.69) is 9.62 Å². The van der Waals surface area contributed by atoms with Gasteiger partial charge < -0.3 is 18.9 Å². The molecule has 10 heteroatoms. The number of hydrogen-bond acceptors (Lipinski definition) is 6. The van der Waals surface area contributed by atoms with Crippen molar-refractivity contribution >= 4 is 26.9 Å². The highest BCUT2D eigenvalue weighted by Crippen LogP contribution is 2.33. The van der Waals surface area contributed by atoms with Crippen molar-refractivity contribution in [2.45, 2.75) is 18.9 Å². The van der Waals surface area contributed by atoms with Crippen molar-refractivity contribution in [3.63, 3.8) is 0 Å². The van der Waals surface area contributed by atoms with Crippen LogP contribution in [-0.4, -0.2) is 69.5 Å². The van der Waals surface area contributed by atoms with Crippen molar-refractivity contribution in [2.24, 2.45) is 7.05 Å². The van der Waals surface area contributed by atoms with Gasteiger partial charge in [0.15, 0.2) is 0 Å². The monoisotopic (exact) mass is 427 g/mol. The van der Waals surface area contributed by atoms with Crippen LogP contribution in [-0.2, 0) is 21.8 Å². The lowest BCUT2D eigenvalue weighted by atomic mass is 10.1. The molecule has 0 radical (unpaired) electrons. The zero-order valence-electron chi connectivity index (χ0n) is 16.8. The number of ether oxygens (including phenoxy) is 2. The summed E-state index contributed by atoms with van der Waals surface area (Å²) in [6.07, 6.45) is 2.17. The Morgan fingerprint density at radius 1 is 1.31 bits per heavy atom. The SMILES string of the molecule is COc1c(C(=O)OC2CCN(CCNS(C)(=O)=O)CC2)c2cc(F)ccc2n1C. The van der Waals surface area contributed by atoms with E-state index in [1.165, 1.54) is 19.2 Å². The third-order valence-electron chi connectivity index (χ3n) is 5.11. The minimum Gasteiger partial charge on any atom is -0.482 e. The van der Waals surface area contributed by atoms with E-state index in [1.807, 2.05) is 0 Å². The van der Waals surface area contributed by atoms with Crippen LogP contribution in [0.15, 0.2) is 18.2 Å². The number of piperidine rings is 1. The standard InChI is InChI=1S/C19H26FN3O5S/c1-22-16-5-4-13(20)12-15(16)17(18(22)27-2)19(24)28-14-6-9-23(10-7-14)11-8-21-29(3,25)26/h4-5,12,14,21H,6-11H2,1-3H3. The Morgan fingerprint density at radius 3 is 2.62 bits per heavy atom. The van der Waals surface area contributed by atoms with Gasteiger partial charge in [0.25, 0.3) is 0 Å². The molecule has 1 N–H and O–H groups in total. The first-order valence-electron chi connectivity index (χ1n) is 9.39. The number of aromatic nitrogens is 1. The second-order valence-corrected chi connectivity index (χ2v) is 9.05. The van der Waals surface area contributed by atoms with Crippen LogP contribution in [0.2, 0.25) is 0 Å². The van der Waals surface area contributed by atoms with Gasteiger partial charge in [-0.15, -0.1) is 0 Å². The summed E-state index contributed by atoms with van der Waals surface area (Å²) in [6.45, 7) is 2.35. The first-order valence-corrected chi connectivity index (χ1v) is 11.3. The van der Waals surface area contributed by atoms with Crippen LogP contribution in [0.5, 0.6) is 5.88 Å². The van der Waals surface area contributed by atoms with E-state index in [1.54, 1.807) is 17.7 Å². The zero-order chi connectivity index (χ0) is 21.2. The van der Waals surface area contributed by atoms with E-state index in [9.17, 15) is 17.6 Å². The number of carbonyl (C=O) groups excluding carboxylic acids is 1. The Bertz CT molecular complexity index is 997. The van der Waals surface area contributed by atoms with E-state index in [-0.39, 0.29) is 11.7 Å². The number of nitrogens with one attached hydrogen (secondary N) is 1. The predicted octanol–water partition coefficient (Wildman–Crippen LogP) is 1.50. The van der Waals surface area contributed by atoms with E-state index in [0.29, 0.717) is 55.8 Å². The molecule has 0 bridgehead atoms. The molecular formula is C19H26FN3O5S. The number of fused-ring (bicyclic) bond motifs is 1. The van der Waals surface area contributed by atoms with Crippen LogP contribution in [0.4, 0.5) is 4.39 Å². The molecule has 0 unspecified atom stereocenters. The topological polar surface area (TPSA) is 89.9 Å². The number of hydrogen-bond donors (Lipinski definition) is 1. The number of esters is 1. The Morgan fingerprint density at radius 2 is 2.00 bits per heavy atom. The van der Waals surface area contributed by atoms with Crippen molar-refractivity contribution < 1.29 is 27.1 Å². The van der Waals surface area contributed by atoms with Crippen LogP contribution in [0.25, 0.3) is 10.9 Å². The number of likely N-dealkylation sites (tertiary alicyclic amines) is 1. The highest BCUT2D eigenvalue weighted by atomic mass is 32.2. The highest BCUT2D eigenvalue weighted by Gasteiger charge is 2.28. The molecule has 1 aromatic carbocycles. The zero-order valence-corrected chi connectivity index (χ0v) is 17.6. The lowest BCUT2D eigenvalue weighted by Crippen LogP contribution is -2.41. The molecule has 1 aliphatic heterocycles. The molecule has 8 nitrogen and oxygen atoms in total. The molecule has 1 aromatic heterocycles.